The number of nitrogens with zero attached hydrogens (tertiary/aromatic N) is 3. The van der Waals surface area contributed by atoms with Gasteiger partial charge in [0.15, 0.2) is 0 Å². The molecule has 0 aliphatic heterocycles. The van der Waals surface area contributed by atoms with Crippen molar-refractivity contribution in [1.29, 1.82) is 5.26 Å². The van der Waals surface area contributed by atoms with Crippen LogP contribution < -0.4 is 5.73 Å². The van der Waals surface area contributed by atoms with Crippen molar-refractivity contribution in [2.75, 3.05) is 5.73 Å². The lowest BCUT2D eigenvalue weighted by molar-refractivity contribution is 0.810. The Labute approximate surface area is 111 Å². The Hall–Kier alpha value is -1.99. The molecule has 0 aliphatic carbocycles. The van der Waals surface area contributed by atoms with Crippen LogP contribution in [0.2, 0.25) is 5.02 Å². The molecular formula is C13H13ClN4. The molecule has 0 atom stereocenters. The van der Waals surface area contributed by atoms with Gasteiger partial charge in [-0.25, -0.2) is 4.68 Å². The first-order valence-electron chi connectivity index (χ1n) is 5.70. The van der Waals surface area contributed by atoms with E-state index in [9.17, 15) is 0 Å². The van der Waals surface area contributed by atoms with E-state index in [-0.39, 0.29) is 0 Å². The van der Waals surface area contributed by atoms with Crippen molar-refractivity contribution >= 4 is 17.4 Å². The molecule has 0 radical (unpaired) electrons. The fourth-order valence-electron chi connectivity index (χ4n) is 1.79. The Morgan fingerprint density at radius 2 is 2.06 bits per heavy atom. The highest BCUT2D eigenvalue weighted by atomic mass is 35.5. The average Bonchev–Trinajstić information content (AvgIpc) is 2.67. The van der Waals surface area contributed by atoms with Gasteiger partial charge in [0.2, 0.25) is 0 Å². The number of aryl methyl sites for hydroxylation is 1. The lowest BCUT2D eigenvalue weighted by Crippen LogP contribution is -2.02. The lowest BCUT2D eigenvalue weighted by atomic mass is 10.2. The standard InChI is InChI=1S/C13H13ClN4/c1-2-3-12-11(8-15)13(16)18(17-12)10-6-4-9(14)5-7-10/h4-7H,2-3,16H2,1H3. The summed E-state index contributed by atoms with van der Waals surface area (Å²) < 4.78 is 1.58. The molecule has 2 rings (SSSR count). The van der Waals surface area contributed by atoms with Crippen LogP contribution in [0.4, 0.5) is 5.82 Å². The van der Waals surface area contributed by atoms with Crippen LogP contribution in [0.15, 0.2) is 24.3 Å². The molecular weight excluding hydrogens is 248 g/mol. The number of halogens is 1. The van der Waals surface area contributed by atoms with Crippen LogP contribution in [-0.4, -0.2) is 9.78 Å². The van der Waals surface area contributed by atoms with Crippen LogP contribution in [0.3, 0.4) is 0 Å². The molecule has 0 fully saturated rings. The summed E-state index contributed by atoms with van der Waals surface area (Å²) >= 11 is 5.84. The maximum Gasteiger partial charge on any atom is 0.145 e. The van der Waals surface area contributed by atoms with E-state index in [0.717, 1.165) is 24.2 Å². The van der Waals surface area contributed by atoms with E-state index >= 15 is 0 Å². The zero-order chi connectivity index (χ0) is 13.1. The van der Waals surface area contributed by atoms with Crippen molar-refractivity contribution in [3.63, 3.8) is 0 Å². The van der Waals surface area contributed by atoms with Crippen LogP contribution in [0.5, 0.6) is 0 Å². The third-order valence-corrected chi connectivity index (χ3v) is 2.92. The number of nitrogens with two attached hydrogens (primary N) is 1. The van der Waals surface area contributed by atoms with Crippen molar-refractivity contribution in [1.82, 2.24) is 9.78 Å². The predicted octanol–water partition coefficient (Wildman–Crippen LogP) is 2.93. The maximum atomic E-state index is 9.13. The molecule has 5 heteroatoms. The average molecular weight is 261 g/mol. The summed E-state index contributed by atoms with van der Waals surface area (Å²) in [7, 11) is 0. The number of nitrogen functional groups attached to an aromatic ring is 1. The SMILES string of the molecule is CCCc1nn(-c2ccc(Cl)cc2)c(N)c1C#N. The predicted molar refractivity (Wildman–Crippen MR) is 71.7 cm³/mol. The molecule has 92 valence electrons. The van der Waals surface area contributed by atoms with E-state index in [2.05, 4.69) is 11.2 Å². The van der Waals surface area contributed by atoms with Gasteiger partial charge in [-0.15, -0.1) is 0 Å². The molecule has 1 heterocycles. The fraction of sp³-hybridized carbons (Fsp3) is 0.231. The fourth-order valence-corrected chi connectivity index (χ4v) is 1.92. The topological polar surface area (TPSA) is 67.6 Å². The third-order valence-electron chi connectivity index (χ3n) is 2.66. The Balaban J connectivity index is 2.52. The molecule has 2 aromatic rings. The second-order valence-corrected chi connectivity index (χ2v) is 4.39. The van der Waals surface area contributed by atoms with Crippen LogP contribution in [0.25, 0.3) is 5.69 Å². The molecule has 2 N–H and O–H groups in total. The molecule has 0 saturated carbocycles. The smallest absolute Gasteiger partial charge is 0.145 e. The summed E-state index contributed by atoms with van der Waals surface area (Å²) in [5.41, 5.74) is 7.97. The second-order valence-electron chi connectivity index (χ2n) is 3.96. The summed E-state index contributed by atoms with van der Waals surface area (Å²) in [6, 6.07) is 9.29. The van der Waals surface area contributed by atoms with Crippen LogP contribution >= 0.6 is 11.6 Å². The summed E-state index contributed by atoms with van der Waals surface area (Å²) in [6.07, 6.45) is 1.67. The largest absolute Gasteiger partial charge is 0.382 e. The van der Waals surface area contributed by atoms with Gasteiger partial charge < -0.3 is 5.73 Å². The first kappa shape index (κ1) is 12.5. The highest BCUT2D eigenvalue weighted by Gasteiger charge is 2.15. The molecule has 18 heavy (non-hydrogen) atoms. The zero-order valence-corrected chi connectivity index (χ0v) is 10.8. The van der Waals surface area contributed by atoms with E-state index in [1.54, 1.807) is 16.8 Å². The van der Waals surface area contributed by atoms with Gasteiger partial charge in [0, 0.05) is 5.02 Å². The Kier molecular flexibility index (Phi) is 3.54. The first-order valence-corrected chi connectivity index (χ1v) is 6.08. The maximum absolute atomic E-state index is 9.13. The normalized spacial score (nSPS) is 10.3. The van der Waals surface area contributed by atoms with Gasteiger partial charge in [0.25, 0.3) is 0 Å². The van der Waals surface area contributed by atoms with Crippen LogP contribution in [0, 0.1) is 11.3 Å². The minimum atomic E-state index is 0.378. The molecule has 0 saturated heterocycles. The van der Waals surface area contributed by atoms with Crippen molar-refractivity contribution in [3.8, 4) is 11.8 Å². The summed E-state index contributed by atoms with van der Waals surface area (Å²) in [5, 5.41) is 14.2. The van der Waals surface area contributed by atoms with Gasteiger partial charge in [-0.3, -0.25) is 0 Å². The molecule has 0 unspecified atom stereocenters. The van der Waals surface area contributed by atoms with Crippen molar-refractivity contribution < 1.29 is 0 Å². The summed E-state index contributed by atoms with van der Waals surface area (Å²) in [5.74, 6) is 0.378. The van der Waals surface area contributed by atoms with Gasteiger partial charge in [-0.2, -0.15) is 10.4 Å². The van der Waals surface area contributed by atoms with E-state index in [1.807, 2.05) is 19.1 Å². The molecule has 0 spiro atoms. The number of benzene rings is 1. The number of aromatic nitrogens is 2. The first-order chi connectivity index (χ1) is 8.67. The Morgan fingerprint density at radius 3 is 2.61 bits per heavy atom. The number of hydrogen-bond donors (Lipinski definition) is 1. The van der Waals surface area contributed by atoms with Gasteiger partial charge in [-0.1, -0.05) is 24.9 Å². The van der Waals surface area contributed by atoms with Crippen LogP contribution in [-0.2, 0) is 6.42 Å². The second kappa shape index (κ2) is 5.11. The minimum absolute atomic E-state index is 0.378. The van der Waals surface area contributed by atoms with E-state index in [0.29, 0.717) is 16.4 Å². The van der Waals surface area contributed by atoms with Crippen LogP contribution in [0.1, 0.15) is 24.6 Å². The third kappa shape index (κ3) is 2.18. The quantitative estimate of drug-likeness (QED) is 0.923. The van der Waals surface area contributed by atoms with E-state index < -0.39 is 0 Å². The molecule has 0 bridgehead atoms. The number of hydrogen-bond acceptors (Lipinski definition) is 3. The number of nitriles is 1. The molecule has 0 aliphatic rings. The van der Waals surface area contributed by atoms with Gasteiger partial charge >= 0.3 is 0 Å². The minimum Gasteiger partial charge on any atom is -0.382 e. The summed E-state index contributed by atoms with van der Waals surface area (Å²) in [6.45, 7) is 2.04. The zero-order valence-electron chi connectivity index (χ0n) is 10.0. The van der Waals surface area contributed by atoms with Gasteiger partial charge in [-0.05, 0) is 30.7 Å². The Morgan fingerprint density at radius 1 is 1.39 bits per heavy atom. The molecule has 4 nitrogen and oxygen atoms in total. The number of rotatable bonds is 3. The monoisotopic (exact) mass is 260 g/mol. The summed E-state index contributed by atoms with van der Waals surface area (Å²) in [4.78, 5) is 0. The van der Waals surface area contributed by atoms with E-state index in [4.69, 9.17) is 22.6 Å². The molecule has 0 amide bonds. The van der Waals surface area contributed by atoms with Gasteiger partial charge in [0.1, 0.15) is 17.5 Å². The molecule has 1 aromatic heterocycles. The van der Waals surface area contributed by atoms with Crippen molar-refractivity contribution in [2.24, 2.45) is 0 Å². The van der Waals surface area contributed by atoms with Crippen molar-refractivity contribution in [2.45, 2.75) is 19.8 Å². The van der Waals surface area contributed by atoms with E-state index in [1.165, 1.54) is 0 Å². The molecule has 1 aromatic carbocycles. The van der Waals surface area contributed by atoms with Crippen molar-refractivity contribution in [3.05, 3.63) is 40.5 Å². The highest BCUT2D eigenvalue weighted by molar-refractivity contribution is 6.30. The highest BCUT2D eigenvalue weighted by Crippen LogP contribution is 2.22. The number of anilines is 1. The lowest BCUT2D eigenvalue weighted by Gasteiger charge is -2.03. The van der Waals surface area contributed by atoms with Gasteiger partial charge in [0.05, 0.1) is 11.4 Å². The Bertz CT molecular complexity index is 593.